The van der Waals surface area contributed by atoms with Crippen LogP contribution in [0.5, 0.6) is 0 Å². The molecule has 0 radical (unpaired) electrons. The lowest BCUT2D eigenvalue weighted by molar-refractivity contribution is -0.0784. The van der Waals surface area contributed by atoms with Gasteiger partial charge in [0, 0.05) is 5.92 Å². The van der Waals surface area contributed by atoms with Gasteiger partial charge in [-0.2, -0.15) is 0 Å². The van der Waals surface area contributed by atoms with Gasteiger partial charge in [0.2, 0.25) is 0 Å². The van der Waals surface area contributed by atoms with Crippen LogP contribution in [0.4, 0.5) is 0 Å². The minimum Gasteiger partial charge on any atom is -0.465 e. The molecule has 1 aliphatic heterocycles. The van der Waals surface area contributed by atoms with Crippen LogP contribution in [0.2, 0.25) is 0 Å². The SMILES string of the molecule is CCNC(c1ccc(C)o1)C1CC(C)(C)OC1(C)C. The predicted molar refractivity (Wildman–Crippen MR) is 77.2 cm³/mol. The summed E-state index contributed by atoms with van der Waals surface area (Å²) >= 11 is 0. The van der Waals surface area contributed by atoms with E-state index in [1.807, 2.05) is 13.0 Å². The standard InChI is InChI=1S/C16H27NO2/c1-7-17-14(13-9-8-11(2)18-13)12-10-15(3,4)19-16(12,5)6/h8-9,12,14,17H,7,10H2,1-6H3. The second kappa shape index (κ2) is 4.95. The topological polar surface area (TPSA) is 34.4 Å². The minimum atomic E-state index is -0.142. The minimum absolute atomic E-state index is 0.0660. The third kappa shape index (κ3) is 3.03. The van der Waals surface area contributed by atoms with E-state index in [2.05, 4.69) is 46.0 Å². The van der Waals surface area contributed by atoms with Crippen LogP contribution in [0.15, 0.2) is 16.5 Å². The fourth-order valence-corrected chi connectivity index (χ4v) is 3.41. The molecule has 2 unspecified atom stereocenters. The van der Waals surface area contributed by atoms with Crippen molar-refractivity contribution in [2.75, 3.05) is 6.54 Å². The Labute approximate surface area is 116 Å². The number of aryl methyl sites for hydroxylation is 1. The molecule has 3 heteroatoms. The highest BCUT2D eigenvalue weighted by Gasteiger charge is 2.49. The maximum absolute atomic E-state index is 6.22. The smallest absolute Gasteiger partial charge is 0.121 e. The Kier molecular flexibility index (Phi) is 3.80. The van der Waals surface area contributed by atoms with Gasteiger partial charge >= 0.3 is 0 Å². The summed E-state index contributed by atoms with van der Waals surface area (Å²) in [7, 11) is 0. The Morgan fingerprint density at radius 3 is 2.42 bits per heavy atom. The molecule has 0 spiro atoms. The molecule has 0 amide bonds. The second-order valence-electron chi connectivity index (χ2n) is 6.76. The number of hydrogen-bond donors (Lipinski definition) is 1. The third-order valence-electron chi connectivity index (χ3n) is 4.04. The molecular formula is C16H27NO2. The molecular weight excluding hydrogens is 238 g/mol. The third-order valence-corrected chi connectivity index (χ3v) is 4.04. The monoisotopic (exact) mass is 265 g/mol. The lowest BCUT2D eigenvalue weighted by Crippen LogP contribution is -2.38. The first-order valence-corrected chi connectivity index (χ1v) is 7.25. The first kappa shape index (κ1) is 14.6. The van der Waals surface area contributed by atoms with Crippen molar-refractivity contribution in [2.24, 2.45) is 5.92 Å². The van der Waals surface area contributed by atoms with E-state index in [0.29, 0.717) is 5.92 Å². The quantitative estimate of drug-likeness (QED) is 0.898. The van der Waals surface area contributed by atoms with Gasteiger partial charge in [0.05, 0.1) is 17.2 Å². The van der Waals surface area contributed by atoms with Crippen molar-refractivity contribution >= 4 is 0 Å². The molecule has 1 N–H and O–H groups in total. The van der Waals surface area contributed by atoms with Crippen LogP contribution in [0.1, 0.15) is 58.6 Å². The lowest BCUT2D eigenvalue weighted by Gasteiger charge is -2.32. The van der Waals surface area contributed by atoms with Crippen LogP contribution >= 0.6 is 0 Å². The highest BCUT2D eigenvalue weighted by Crippen LogP contribution is 2.47. The van der Waals surface area contributed by atoms with E-state index in [9.17, 15) is 0 Å². The number of ether oxygens (including phenoxy) is 1. The summed E-state index contributed by atoms with van der Waals surface area (Å²) in [5.74, 6) is 2.40. The van der Waals surface area contributed by atoms with Crippen LogP contribution in [-0.2, 0) is 4.74 Å². The molecule has 2 rings (SSSR count). The normalized spacial score (nSPS) is 26.5. The first-order chi connectivity index (χ1) is 8.75. The van der Waals surface area contributed by atoms with Gasteiger partial charge in [-0.15, -0.1) is 0 Å². The molecule has 1 aromatic heterocycles. The lowest BCUT2D eigenvalue weighted by atomic mass is 9.80. The van der Waals surface area contributed by atoms with E-state index >= 15 is 0 Å². The van der Waals surface area contributed by atoms with Gasteiger partial charge in [0.15, 0.2) is 0 Å². The van der Waals surface area contributed by atoms with Crippen molar-refractivity contribution in [2.45, 2.75) is 65.2 Å². The zero-order valence-corrected chi connectivity index (χ0v) is 13.0. The van der Waals surface area contributed by atoms with Gasteiger partial charge < -0.3 is 14.5 Å². The van der Waals surface area contributed by atoms with Gasteiger partial charge in [0.1, 0.15) is 11.5 Å². The van der Waals surface area contributed by atoms with Crippen molar-refractivity contribution in [1.82, 2.24) is 5.32 Å². The molecule has 0 aromatic carbocycles. The van der Waals surface area contributed by atoms with Crippen molar-refractivity contribution in [3.8, 4) is 0 Å². The maximum atomic E-state index is 6.22. The van der Waals surface area contributed by atoms with E-state index in [-0.39, 0.29) is 17.2 Å². The van der Waals surface area contributed by atoms with Crippen molar-refractivity contribution in [3.05, 3.63) is 23.7 Å². The average Bonchev–Trinajstić information content (AvgIpc) is 2.76. The van der Waals surface area contributed by atoms with E-state index < -0.39 is 0 Å². The molecule has 3 nitrogen and oxygen atoms in total. The van der Waals surface area contributed by atoms with E-state index in [1.165, 1.54) is 0 Å². The fourth-order valence-electron chi connectivity index (χ4n) is 3.41. The van der Waals surface area contributed by atoms with Crippen molar-refractivity contribution in [3.63, 3.8) is 0 Å². The second-order valence-corrected chi connectivity index (χ2v) is 6.76. The average molecular weight is 265 g/mol. The molecule has 0 saturated carbocycles. The van der Waals surface area contributed by atoms with Crippen LogP contribution in [0.3, 0.4) is 0 Å². The summed E-state index contributed by atoms with van der Waals surface area (Å²) in [6.45, 7) is 13.8. The largest absolute Gasteiger partial charge is 0.465 e. The van der Waals surface area contributed by atoms with Crippen molar-refractivity contribution in [1.29, 1.82) is 0 Å². The Bertz CT molecular complexity index is 434. The molecule has 19 heavy (non-hydrogen) atoms. The molecule has 1 aliphatic rings. The van der Waals surface area contributed by atoms with Crippen LogP contribution in [0.25, 0.3) is 0 Å². The van der Waals surface area contributed by atoms with Gasteiger partial charge in [-0.05, 0) is 59.7 Å². The summed E-state index contributed by atoms with van der Waals surface area (Å²) in [6.07, 6.45) is 1.04. The van der Waals surface area contributed by atoms with Gasteiger partial charge in [-0.3, -0.25) is 0 Å². The molecule has 2 heterocycles. The summed E-state index contributed by atoms with van der Waals surface area (Å²) in [6, 6.07) is 4.34. The predicted octanol–water partition coefficient (Wildman–Crippen LogP) is 3.83. The Morgan fingerprint density at radius 2 is 2.00 bits per heavy atom. The zero-order valence-electron chi connectivity index (χ0n) is 13.0. The molecule has 108 valence electrons. The number of hydrogen-bond acceptors (Lipinski definition) is 3. The Morgan fingerprint density at radius 1 is 1.32 bits per heavy atom. The first-order valence-electron chi connectivity index (χ1n) is 7.25. The molecule has 1 fully saturated rings. The van der Waals surface area contributed by atoms with Crippen LogP contribution < -0.4 is 5.32 Å². The van der Waals surface area contributed by atoms with Crippen LogP contribution in [-0.4, -0.2) is 17.7 Å². The van der Waals surface area contributed by atoms with Gasteiger partial charge in [0.25, 0.3) is 0 Å². The van der Waals surface area contributed by atoms with Crippen molar-refractivity contribution < 1.29 is 9.15 Å². The zero-order chi connectivity index (χ0) is 14.3. The van der Waals surface area contributed by atoms with E-state index in [1.54, 1.807) is 0 Å². The fraction of sp³-hybridized carbons (Fsp3) is 0.750. The van der Waals surface area contributed by atoms with Gasteiger partial charge in [-0.25, -0.2) is 0 Å². The summed E-state index contributed by atoms with van der Waals surface area (Å²) in [5, 5.41) is 3.57. The van der Waals surface area contributed by atoms with E-state index in [0.717, 1.165) is 24.5 Å². The van der Waals surface area contributed by atoms with E-state index in [4.69, 9.17) is 9.15 Å². The summed E-state index contributed by atoms with van der Waals surface area (Å²) in [4.78, 5) is 0. The molecule has 0 aliphatic carbocycles. The Balaban J connectivity index is 2.29. The Hall–Kier alpha value is -0.800. The number of rotatable bonds is 4. The highest BCUT2D eigenvalue weighted by molar-refractivity contribution is 5.14. The summed E-state index contributed by atoms with van der Waals surface area (Å²) in [5.41, 5.74) is -0.208. The molecule has 1 aromatic rings. The molecule has 2 atom stereocenters. The summed E-state index contributed by atoms with van der Waals surface area (Å²) < 4.78 is 12.1. The molecule has 0 bridgehead atoms. The van der Waals surface area contributed by atoms with Crippen LogP contribution in [0, 0.1) is 12.8 Å². The number of furan rings is 1. The number of nitrogens with one attached hydrogen (secondary N) is 1. The highest BCUT2D eigenvalue weighted by atomic mass is 16.5. The molecule has 1 saturated heterocycles. The maximum Gasteiger partial charge on any atom is 0.121 e. The van der Waals surface area contributed by atoms with Gasteiger partial charge in [-0.1, -0.05) is 6.92 Å².